The van der Waals surface area contributed by atoms with Crippen molar-refractivity contribution in [2.45, 2.75) is 0 Å². The van der Waals surface area contributed by atoms with E-state index in [4.69, 9.17) is 0 Å². The van der Waals surface area contributed by atoms with E-state index in [1.807, 2.05) is 0 Å². The molecule has 0 bridgehead atoms. The fourth-order valence-electron chi connectivity index (χ4n) is 2.36. The first-order valence-corrected chi connectivity index (χ1v) is 6.98. The van der Waals surface area contributed by atoms with E-state index in [2.05, 4.69) is 0 Å². The summed E-state index contributed by atoms with van der Waals surface area (Å²) in [5.74, 6) is -1.59. The second kappa shape index (κ2) is 4.82. The quantitative estimate of drug-likeness (QED) is 0.791. The van der Waals surface area contributed by atoms with Crippen molar-refractivity contribution in [2.75, 3.05) is 0 Å². The monoisotopic (exact) mass is 303 g/mol. The molecule has 3 rings (SSSR count). The molecule has 3 aromatic rings. The van der Waals surface area contributed by atoms with Crippen LogP contribution in [0, 0.1) is 5.82 Å². The van der Waals surface area contributed by atoms with Crippen LogP contribution < -0.4 is 5.56 Å². The fourth-order valence-corrected chi connectivity index (χ4v) is 3.32. The van der Waals surface area contributed by atoms with Crippen molar-refractivity contribution >= 4 is 27.4 Å². The van der Waals surface area contributed by atoms with Crippen molar-refractivity contribution in [3.8, 4) is 11.1 Å². The topological polar surface area (TPSA) is 59.3 Å². The SMILES string of the molecule is Cn1c(C(=O)O)c(-c2ccc(F)cc2)c2sccc2c1=O. The lowest BCUT2D eigenvalue weighted by Crippen LogP contribution is -2.24. The summed E-state index contributed by atoms with van der Waals surface area (Å²) in [6.45, 7) is 0. The molecular formula is C15H10FNO3S. The zero-order valence-electron chi connectivity index (χ0n) is 11.0. The van der Waals surface area contributed by atoms with Gasteiger partial charge in [0.25, 0.3) is 5.56 Å². The Balaban J connectivity index is 2.50. The minimum absolute atomic E-state index is 0.0958. The number of thiophene rings is 1. The van der Waals surface area contributed by atoms with Gasteiger partial charge < -0.3 is 9.67 Å². The van der Waals surface area contributed by atoms with Gasteiger partial charge in [0.05, 0.1) is 5.39 Å². The molecule has 0 spiro atoms. The van der Waals surface area contributed by atoms with Gasteiger partial charge in [0.2, 0.25) is 0 Å². The number of aromatic carboxylic acids is 1. The summed E-state index contributed by atoms with van der Waals surface area (Å²) in [7, 11) is 1.43. The van der Waals surface area contributed by atoms with E-state index in [0.717, 1.165) is 4.57 Å². The molecule has 1 N–H and O–H groups in total. The molecular weight excluding hydrogens is 293 g/mol. The van der Waals surface area contributed by atoms with Crippen molar-refractivity contribution in [2.24, 2.45) is 7.05 Å². The Hall–Kier alpha value is -2.47. The highest BCUT2D eigenvalue weighted by Crippen LogP contribution is 2.33. The molecule has 2 aromatic heterocycles. The molecule has 1 aromatic carbocycles. The van der Waals surface area contributed by atoms with Crippen LogP contribution in [0.5, 0.6) is 0 Å². The molecule has 21 heavy (non-hydrogen) atoms. The van der Waals surface area contributed by atoms with Crippen LogP contribution in [0.15, 0.2) is 40.5 Å². The first kappa shape index (κ1) is 13.5. The number of benzene rings is 1. The van der Waals surface area contributed by atoms with Crippen LogP contribution >= 0.6 is 11.3 Å². The van der Waals surface area contributed by atoms with Crippen molar-refractivity contribution < 1.29 is 14.3 Å². The maximum Gasteiger partial charge on any atom is 0.353 e. The molecule has 0 atom stereocenters. The lowest BCUT2D eigenvalue weighted by molar-refractivity contribution is 0.0686. The second-order valence-electron chi connectivity index (χ2n) is 4.56. The highest BCUT2D eigenvalue weighted by Gasteiger charge is 2.21. The van der Waals surface area contributed by atoms with Crippen molar-refractivity contribution in [1.82, 2.24) is 4.57 Å². The average Bonchev–Trinajstić information content (AvgIpc) is 2.92. The number of halogens is 1. The Labute approximate surface area is 122 Å². The maximum atomic E-state index is 13.1. The Kier molecular flexibility index (Phi) is 3.10. The molecule has 2 heterocycles. The Bertz CT molecular complexity index is 909. The minimum atomic E-state index is -1.19. The molecule has 0 fully saturated rings. The molecule has 6 heteroatoms. The Morgan fingerprint density at radius 3 is 2.52 bits per heavy atom. The van der Waals surface area contributed by atoms with Crippen LogP contribution in [0.1, 0.15) is 10.5 Å². The number of pyridine rings is 1. The van der Waals surface area contributed by atoms with Gasteiger partial charge in [-0.25, -0.2) is 9.18 Å². The van der Waals surface area contributed by atoms with Gasteiger partial charge in [-0.05, 0) is 29.1 Å². The summed E-state index contributed by atoms with van der Waals surface area (Å²) in [6.07, 6.45) is 0. The number of carboxylic acid groups (broad SMARTS) is 1. The molecule has 0 unspecified atom stereocenters. The predicted molar refractivity (Wildman–Crippen MR) is 79.4 cm³/mol. The van der Waals surface area contributed by atoms with Crippen molar-refractivity contribution in [3.63, 3.8) is 0 Å². The fraction of sp³-hybridized carbons (Fsp3) is 0.0667. The number of fused-ring (bicyclic) bond motifs is 1. The van der Waals surface area contributed by atoms with Crippen LogP contribution in [0.2, 0.25) is 0 Å². The Morgan fingerprint density at radius 1 is 1.24 bits per heavy atom. The van der Waals surface area contributed by atoms with Crippen molar-refractivity contribution in [1.29, 1.82) is 0 Å². The smallest absolute Gasteiger partial charge is 0.353 e. The highest BCUT2D eigenvalue weighted by molar-refractivity contribution is 7.17. The summed E-state index contributed by atoms with van der Waals surface area (Å²) < 4.78 is 14.8. The van der Waals surface area contributed by atoms with Gasteiger partial charge in [-0.1, -0.05) is 12.1 Å². The minimum Gasteiger partial charge on any atom is -0.477 e. The van der Waals surface area contributed by atoms with Gasteiger partial charge in [-0.2, -0.15) is 0 Å². The van der Waals surface area contributed by atoms with E-state index in [9.17, 15) is 19.1 Å². The average molecular weight is 303 g/mol. The maximum absolute atomic E-state index is 13.1. The Morgan fingerprint density at radius 2 is 1.90 bits per heavy atom. The van der Waals surface area contributed by atoms with E-state index in [1.165, 1.54) is 42.6 Å². The second-order valence-corrected chi connectivity index (χ2v) is 5.48. The number of hydrogen-bond donors (Lipinski definition) is 1. The summed E-state index contributed by atoms with van der Waals surface area (Å²) in [5.41, 5.74) is 0.558. The first-order valence-electron chi connectivity index (χ1n) is 6.10. The van der Waals surface area contributed by atoms with Crippen LogP contribution in [-0.4, -0.2) is 15.6 Å². The zero-order valence-corrected chi connectivity index (χ0v) is 11.8. The number of carboxylic acids is 1. The normalized spacial score (nSPS) is 11.0. The number of carbonyl (C=O) groups is 1. The zero-order chi connectivity index (χ0) is 15.1. The number of hydrogen-bond acceptors (Lipinski definition) is 3. The molecule has 0 aliphatic rings. The van der Waals surface area contributed by atoms with E-state index in [-0.39, 0.29) is 11.3 Å². The van der Waals surface area contributed by atoms with E-state index in [1.54, 1.807) is 11.4 Å². The van der Waals surface area contributed by atoms with Crippen LogP contribution in [0.25, 0.3) is 21.2 Å². The number of aromatic nitrogens is 1. The van der Waals surface area contributed by atoms with Crippen molar-refractivity contribution in [3.05, 3.63) is 57.6 Å². The number of rotatable bonds is 2. The largest absolute Gasteiger partial charge is 0.477 e. The summed E-state index contributed by atoms with van der Waals surface area (Å²) >= 11 is 1.30. The van der Waals surface area contributed by atoms with Gasteiger partial charge in [0.1, 0.15) is 11.5 Å². The van der Waals surface area contributed by atoms with Gasteiger partial charge >= 0.3 is 5.97 Å². The first-order chi connectivity index (χ1) is 10.0. The lowest BCUT2D eigenvalue weighted by atomic mass is 10.0. The predicted octanol–water partition coefficient (Wildman–Crippen LogP) is 3.10. The van der Waals surface area contributed by atoms with Gasteiger partial charge in [-0.3, -0.25) is 4.79 Å². The molecule has 0 radical (unpaired) electrons. The lowest BCUT2D eigenvalue weighted by Gasteiger charge is -2.12. The van der Waals surface area contributed by atoms with E-state index >= 15 is 0 Å². The van der Waals surface area contributed by atoms with Gasteiger partial charge in [-0.15, -0.1) is 11.3 Å². The molecule has 4 nitrogen and oxygen atoms in total. The van der Waals surface area contributed by atoms with E-state index in [0.29, 0.717) is 21.2 Å². The third-order valence-corrected chi connectivity index (χ3v) is 4.27. The summed E-state index contributed by atoms with van der Waals surface area (Å²) in [4.78, 5) is 23.8. The molecule has 0 aliphatic carbocycles. The third-order valence-electron chi connectivity index (χ3n) is 3.34. The van der Waals surface area contributed by atoms with Crippen LogP contribution in [0.3, 0.4) is 0 Å². The molecule has 0 saturated heterocycles. The molecule has 106 valence electrons. The molecule has 0 amide bonds. The number of nitrogens with zero attached hydrogens (tertiary/aromatic N) is 1. The third kappa shape index (κ3) is 2.04. The van der Waals surface area contributed by atoms with Crippen LogP contribution in [-0.2, 0) is 7.05 Å². The summed E-state index contributed by atoms with van der Waals surface area (Å²) in [6, 6.07) is 7.24. The van der Waals surface area contributed by atoms with E-state index < -0.39 is 11.8 Å². The summed E-state index contributed by atoms with van der Waals surface area (Å²) in [5, 5.41) is 11.7. The van der Waals surface area contributed by atoms with Crippen LogP contribution in [0.4, 0.5) is 4.39 Å². The standard InChI is InChI=1S/C15H10FNO3S/c1-17-12(15(19)20)11(8-2-4-9(16)5-3-8)13-10(14(17)18)6-7-21-13/h2-7H,1H3,(H,19,20). The molecule has 0 saturated carbocycles. The van der Waals surface area contributed by atoms with Gasteiger partial charge in [0, 0.05) is 17.3 Å². The molecule has 0 aliphatic heterocycles. The van der Waals surface area contributed by atoms with Gasteiger partial charge in [0.15, 0.2) is 0 Å². The highest BCUT2D eigenvalue weighted by atomic mass is 32.1.